The molecule has 0 amide bonds. The van der Waals surface area contributed by atoms with Gasteiger partial charge in [0, 0.05) is 15.5 Å². The smallest absolute Gasteiger partial charge is 0.347 e. The lowest BCUT2D eigenvalue weighted by atomic mass is 9.69. The van der Waals surface area contributed by atoms with Crippen LogP contribution < -0.4 is 28.4 Å². The van der Waals surface area contributed by atoms with Crippen LogP contribution in [0.15, 0.2) is 30.3 Å². The van der Waals surface area contributed by atoms with Crippen molar-refractivity contribution >= 4 is 11.9 Å². The molecule has 5 aromatic carbocycles. The van der Waals surface area contributed by atoms with Gasteiger partial charge in [0.15, 0.2) is 63.9 Å². The highest BCUT2D eigenvalue weighted by Gasteiger charge is 2.39. The molecule has 5 atom stereocenters. The average molecular weight is 1850 g/mol. The number of aryl methyl sites for hydroxylation is 9. The molecule has 5 unspecified atom stereocenters. The van der Waals surface area contributed by atoms with E-state index in [1.165, 1.54) is 129 Å². The summed E-state index contributed by atoms with van der Waals surface area (Å²) in [6, 6.07) is 8.30. The van der Waals surface area contributed by atoms with Crippen LogP contribution in [0.25, 0.3) is 0 Å². The molecule has 20 heteroatoms. The molecule has 10 nitrogen and oxygen atoms in total. The topological polar surface area (TPSA) is 108 Å². The Morgan fingerprint density at radius 2 is 0.662 bits per heavy atom. The van der Waals surface area contributed by atoms with Gasteiger partial charge in [-0.25, -0.2) is 22.4 Å². The molecule has 5 aliphatic heterocycles. The van der Waals surface area contributed by atoms with Crippen molar-refractivity contribution in [3.05, 3.63) is 139 Å². The van der Waals surface area contributed by atoms with Crippen LogP contribution in [0.4, 0.5) is 43.9 Å². The van der Waals surface area contributed by atoms with E-state index in [0.29, 0.717) is 90.4 Å². The molecule has 0 saturated heterocycles. The molecule has 0 N–H and O–H groups in total. The summed E-state index contributed by atoms with van der Waals surface area (Å²) in [5.74, 6) is -1.04. The molecule has 0 spiro atoms. The monoisotopic (exact) mass is 1850 g/mol. The largest absolute Gasteiger partial charge is 0.487 e. The Morgan fingerprint density at radius 1 is 0.323 bits per heavy atom. The number of hydrogen-bond donors (Lipinski definition) is 0. The van der Waals surface area contributed by atoms with Crippen LogP contribution in [0.2, 0.25) is 0 Å². The zero-order valence-corrected chi connectivity index (χ0v) is 75.6. The normalized spacial score (nSPS) is 28.6. The van der Waals surface area contributed by atoms with Gasteiger partial charge in [-0.15, -0.1) is 0 Å². The molecule has 130 heavy (non-hydrogen) atoms. The van der Waals surface area contributed by atoms with Crippen molar-refractivity contribution in [3.8, 4) is 34.5 Å². The minimum Gasteiger partial charge on any atom is -0.487 e. The number of carbonyl (C=O) groups excluding carboxylic acids is 2. The molecule has 0 aromatic heterocycles. The second-order valence-corrected chi connectivity index (χ2v) is 40.3. The molecule has 748 valence electrons. The van der Waals surface area contributed by atoms with Gasteiger partial charge in [0.25, 0.3) is 0 Å². The van der Waals surface area contributed by atoms with Gasteiger partial charge in [-0.3, -0.25) is 4.79 Å². The molecule has 7 fully saturated rings. The highest BCUT2D eigenvalue weighted by atomic mass is 19.2. The average Bonchev–Trinajstić information content (AvgIpc) is 0.785. The van der Waals surface area contributed by atoms with E-state index in [9.17, 15) is 53.5 Å². The number of rotatable bonds is 15. The van der Waals surface area contributed by atoms with Crippen LogP contribution in [0.1, 0.15) is 384 Å². The van der Waals surface area contributed by atoms with E-state index in [0.717, 1.165) is 186 Å². The van der Waals surface area contributed by atoms with Gasteiger partial charge in [-0.1, -0.05) is 143 Å². The van der Waals surface area contributed by atoms with Crippen molar-refractivity contribution in [2.24, 2.45) is 71.0 Å². The first-order valence-electron chi connectivity index (χ1n) is 48.3. The summed E-state index contributed by atoms with van der Waals surface area (Å²) in [4.78, 5) is 24.9. The number of halogens is 10. The first kappa shape index (κ1) is 110. The van der Waals surface area contributed by atoms with Gasteiger partial charge in [0.05, 0.1) is 36.9 Å². The van der Waals surface area contributed by atoms with Crippen molar-refractivity contribution in [3.63, 3.8) is 0 Å². The van der Waals surface area contributed by atoms with E-state index in [2.05, 4.69) is 34.6 Å². The van der Waals surface area contributed by atoms with E-state index < -0.39 is 76.2 Å². The Labute approximate surface area is 786 Å². The van der Waals surface area contributed by atoms with Crippen LogP contribution in [-0.2, 0) is 57.6 Å². The highest BCUT2D eigenvalue weighted by molar-refractivity contribution is 5.76. The van der Waals surface area contributed by atoms with Gasteiger partial charge < -0.3 is 37.9 Å². The maximum absolute atomic E-state index is 14.6. The molecule has 5 aromatic rings. The zero-order chi connectivity index (χ0) is 88.2. The Hall–Kier alpha value is -6.70. The van der Waals surface area contributed by atoms with Gasteiger partial charge in [0.2, 0.25) is 34.9 Å². The van der Waals surface area contributed by atoms with Crippen LogP contribution in [0, 0.1) is 150 Å². The summed E-state index contributed by atoms with van der Waals surface area (Å²) >= 11 is 0. The first-order chi connectivity index (χ1) is 59.5. The van der Waals surface area contributed by atoms with Crippen molar-refractivity contribution < 1.29 is 101 Å². The number of carbonyl (C=O) groups is 2. The number of benzene rings is 5. The molecule has 12 aliphatic rings. The molecule has 0 bridgehead atoms. The van der Waals surface area contributed by atoms with E-state index >= 15 is 0 Å². The summed E-state index contributed by atoms with van der Waals surface area (Å²) in [6.07, 6.45) is 43.4. The lowest BCUT2D eigenvalue weighted by molar-refractivity contribution is -0.160. The number of ether oxygens (including phenoxy) is 8. The molecule has 0 radical (unpaired) electrons. The third-order valence-electron chi connectivity index (χ3n) is 30.5. The molecule has 5 heterocycles. The summed E-state index contributed by atoms with van der Waals surface area (Å²) in [5, 5.41) is 0. The maximum Gasteiger partial charge on any atom is 0.347 e. The fourth-order valence-electron chi connectivity index (χ4n) is 22.0. The minimum absolute atomic E-state index is 0. The molecular formula is C110H178F10O10. The third-order valence-corrected chi connectivity index (χ3v) is 30.5. The van der Waals surface area contributed by atoms with E-state index in [1.807, 2.05) is 19.9 Å². The zero-order valence-electron chi connectivity index (χ0n) is 75.6. The third kappa shape index (κ3) is 28.7. The summed E-state index contributed by atoms with van der Waals surface area (Å²) in [7, 11) is 0. The van der Waals surface area contributed by atoms with Crippen LogP contribution >= 0.6 is 0 Å². The highest BCUT2D eigenvalue weighted by Crippen LogP contribution is 2.48. The quantitative estimate of drug-likeness (QED) is 0.0571. The Morgan fingerprint density at radius 3 is 1.13 bits per heavy atom. The summed E-state index contributed by atoms with van der Waals surface area (Å²) in [5.41, 5.74) is 5.12. The lowest BCUT2D eigenvalue weighted by Crippen LogP contribution is -2.36. The van der Waals surface area contributed by atoms with Crippen LogP contribution in [0.5, 0.6) is 34.5 Å². The minimum atomic E-state index is -1.13. The van der Waals surface area contributed by atoms with Crippen molar-refractivity contribution in [2.75, 3.05) is 6.61 Å². The van der Waals surface area contributed by atoms with E-state index in [4.69, 9.17) is 37.9 Å². The SMILES string of the molecule is C.C.C.C.C.C.CC1CCC(C2CCC(C(=O)Oc3cc4c(c(F)c3F)OC(C)CC4)CC2)CC1.CC1CCC(C2CCC(CCc3cc4c(c(F)c3F)OC(C)CC4)CC2)CC1.Cc1cc2c(c(F)c1F)OC(C(=O)OC1CCC(C)CC1)CC2.Cc1cc2c(c(F)c1F)OC(CCC1CCC(C)CC1)CC2.Cc1cc2c(c(F)c1F)OC(COC1CCC(C)CC1)CC2.[HH].[HH].[HH].[HH].[HH].[HH].[HH]. The predicted molar refractivity (Wildman–Crippen MR) is 519 cm³/mol. The van der Waals surface area contributed by atoms with Gasteiger partial charge in [-0.05, 0) is 380 Å². The fourth-order valence-corrected chi connectivity index (χ4v) is 22.0. The molecule has 7 aliphatic carbocycles. The summed E-state index contributed by atoms with van der Waals surface area (Å²) < 4.78 is 186. The van der Waals surface area contributed by atoms with Crippen molar-refractivity contribution in [2.45, 2.75) is 426 Å². The molecular weight excluding hydrogens is 1670 g/mol. The number of fused-ring (bicyclic) bond motifs is 5. The maximum atomic E-state index is 14.6. The van der Waals surface area contributed by atoms with Crippen LogP contribution in [0.3, 0.4) is 0 Å². The standard InChI is InChI=1S/C25H36F2O.C24H32F2O3.C19H26F2O.C18H22F2O3.C18H24F2O2.6CH4.7H2/c1-16-3-9-19(10-4-16)20-12-6-18(7-13-20)8-14-21-15-22-11-5-17(2)28-25(22)24(27)23(21)26;1-14-3-6-16(7-4-14)17-9-11-18(12-10-17)24(27)29-20-13-19-8-5-15(2)28-23(19)22(26)21(20)25;1-12-3-5-14(6-4-12)7-9-16-10-8-15-11-13(2)17(20)18(21)19(15)22-16;1-10-3-6-13(7-4-10)22-18(21)14-8-5-12-9-11(2)15(19)16(20)17(12)23-14;1-11-3-6-14(7-4-11)21-10-15-8-5-13-9-12(2)16(19)17(20)18(13)22-15;;;;;;;;;;;;;/h15-20H,3-14H2,1-2H3;13-18H,3-12H2,1-2H3;11-12,14,16H,3-10H2,1-2H3;9-10,13-14H,3-8H2,1-2H3;9,11,14-15H,3-8,10H2,1-2H3;6*1H4;7*1H. The van der Waals surface area contributed by atoms with Crippen LogP contribution in [-0.4, -0.2) is 61.3 Å². The Balaban J connectivity index is 0.00000166. The van der Waals surface area contributed by atoms with Gasteiger partial charge >= 0.3 is 11.9 Å². The number of esters is 2. The second-order valence-electron chi connectivity index (χ2n) is 40.3. The number of hydrogen-bond acceptors (Lipinski definition) is 10. The fraction of sp³-hybridized carbons (Fsp3) is 0.709. The first-order valence-corrected chi connectivity index (χ1v) is 48.3. The molecule has 7 saturated carbocycles. The Kier molecular flexibility index (Phi) is 43.5. The molecule has 17 rings (SSSR count). The van der Waals surface area contributed by atoms with Crippen molar-refractivity contribution in [1.82, 2.24) is 0 Å². The lowest BCUT2D eigenvalue weighted by Gasteiger charge is -2.37. The summed E-state index contributed by atoms with van der Waals surface area (Å²) in [6.45, 7) is 20.4. The van der Waals surface area contributed by atoms with E-state index in [1.54, 1.807) is 32.0 Å². The second kappa shape index (κ2) is 51.3. The Bertz CT molecular complexity index is 4300. The van der Waals surface area contributed by atoms with Gasteiger partial charge in [0.1, 0.15) is 12.2 Å². The van der Waals surface area contributed by atoms with Crippen molar-refractivity contribution in [1.29, 1.82) is 0 Å². The van der Waals surface area contributed by atoms with Gasteiger partial charge in [-0.2, -0.15) is 26.3 Å². The van der Waals surface area contributed by atoms with E-state index in [-0.39, 0.29) is 131 Å². The predicted octanol–water partition coefficient (Wildman–Crippen LogP) is 33.2.